The van der Waals surface area contributed by atoms with Gasteiger partial charge in [0, 0.05) is 10.9 Å². The Bertz CT molecular complexity index is 898. The summed E-state index contributed by atoms with van der Waals surface area (Å²) in [6.07, 6.45) is 5.14. The average Bonchev–Trinajstić information content (AvgIpc) is 3.06. The Kier molecular flexibility index (Phi) is 6.88. The molecular formula is C21H32N4O2S. The Balaban J connectivity index is 2.07. The molecule has 2 aromatic rings. The van der Waals surface area contributed by atoms with Gasteiger partial charge in [-0.05, 0) is 57.7 Å². The molecular weight excluding hydrogens is 372 g/mol. The predicted molar refractivity (Wildman–Crippen MR) is 115 cm³/mol. The molecule has 6 nitrogen and oxygen atoms in total. The molecule has 0 saturated carbocycles. The van der Waals surface area contributed by atoms with Crippen molar-refractivity contribution < 1.29 is 4.79 Å². The van der Waals surface area contributed by atoms with E-state index >= 15 is 0 Å². The maximum Gasteiger partial charge on any atom is 0.263 e. The molecule has 0 aromatic carbocycles. The van der Waals surface area contributed by atoms with Crippen molar-refractivity contribution in [1.29, 1.82) is 0 Å². The van der Waals surface area contributed by atoms with Crippen LogP contribution in [-0.2, 0) is 30.7 Å². The smallest absolute Gasteiger partial charge is 0.263 e. The molecule has 1 unspecified atom stereocenters. The van der Waals surface area contributed by atoms with Crippen molar-refractivity contribution in [2.75, 3.05) is 13.1 Å². The number of rotatable bonds is 8. The number of thiophene rings is 1. The summed E-state index contributed by atoms with van der Waals surface area (Å²) < 4.78 is 1.61. The number of hydrogen-bond acceptors (Lipinski definition) is 5. The average molecular weight is 405 g/mol. The second kappa shape index (κ2) is 9.18. The van der Waals surface area contributed by atoms with Crippen LogP contribution in [0.4, 0.5) is 0 Å². The molecule has 1 aliphatic rings. The van der Waals surface area contributed by atoms with E-state index in [4.69, 9.17) is 4.98 Å². The maximum atomic E-state index is 13.5. The lowest BCUT2D eigenvalue weighted by atomic mass is 9.97. The fourth-order valence-corrected chi connectivity index (χ4v) is 5.05. The van der Waals surface area contributed by atoms with E-state index in [1.807, 2.05) is 13.8 Å². The molecule has 2 aromatic heterocycles. The fourth-order valence-electron chi connectivity index (χ4n) is 3.78. The van der Waals surface area contributed by atoms with Gasteiger partial charge in [0.25, 0.3) is 5.56 Å². The van der Waals surface area contributed by atoms with E-state index in [9.17, 15) is 9.59 Å². The van der Waals surface area contributed by atoms with Crippen LogP contribution in [0.5, 0.6) is 0 Å². The lowest BCUT2D eigenvalue weighted by Crippen LogP contribution is -2.39. The van der Waals surface area contributed by atoms with Gasteiger partial charge in [0.2, 0.25) is 5.91 Å². The third-order valence-electron chi connectivity index (χ3n) is 5.73. The standard InChI is InChI=1S/C21H32N4O2S/c1-5-14(4)22-18(26)13-25-17(12-24(6-2)7-3)23-20-19(21(25)27)15-10-8-9-11-16(15)28-20/h14H,5-13H2,1-4H3,(H,22,26). The second-order valence-electron chi connectivity index (χ2n) is 7.65. The number of hydrogen-bond donors (Lipinski definition) is 1. The molecule has 0 saturated heterocycles. The van der Waals surface area contributed by atoms with Gasteiger partial charge in [-0.3, -0.25) is 19.1 Å². The van der Waals surface area contributed by atoms with Gasteiger partial charge in [-0.2, -0.15) is 0 Å². The second-order valence-corrected chi connectivity index (χ2v) is 8.73. The quantitative estimate of drug-likeness (QED) is 0.734. The van der Waals surface area contributed by atoms with Gasteiger partial charge in [0.15, 0.2) is 0 Å². The molecule has 0 bridgehead atoms. The highest BCUT2D eigenvalue weighted by Gasteiger charge is 2.23. The van der Waals surface area contributed by atoms with E-state index < -0.39 is 0 Å². The summed E-state index contributed by atoms with van der Waals surface area (Å²) in [5.74, 6) is 0.571. The molecule has 7 heteroatoms. The summed E-state index contributed by atoms with van der Waals surface area (Å²) in [6, 6.07) is 0.0973. The van der Waals surface area contributed by atoms with E-state index in [2.05, 4.69) is 24.1 Å². The van der Waals surface area contributed by atoms with Crippen molar-refractivity contribution in [1.82, 2.24) is 19.8 Å². The number of aromatic nitrogens is 2. The SMILES string of the molecule is CCC(C)NC(=O)Cn1c(CN(CC)CC)nc2sc3c(c2c1=O)CCCC3. The topological polar surface area (TPSA) is 67.2 Å². The number of fused-ring (bicyclic) bond motifs is 3. The first kappa shape index (κ1) is 21.0. The number of nitrogens with zero attached hydrogens (tertiary/aromatic N) is 3. The van der Waals surface area contributed by atoms with Crippen molar-refractivity contribution in [3.8, 4) is 0 Å². The lowest BCUT2D eigenvalue weighted by molar-refractivity contribution is -0.122. The molecule has 2 heterocycles. The monoisotopic (exact) mass is 404 g/mol. The minimum atomic E-state index is -0.123. The first-order chi connectivity index (χ1) is 13.5. The highest BCUT2D eigenvalue weighted by molar-refractivity contribution is 7.18. The summed E-state index contributed by atoms with van der Waals surface area (Å²) in [5, 5.41) is 3.73. The lowest BCUT2D eigenvalue weighted by Gasteiger charge is -2.21. The zero-order chi connectivity index (χ0) is 20.3. The molecule has 1 atom stereocenters. The Morgan fingerprint density at radius 1 is 1.25 bits per heavy atom. The molecule has 1 amide bonds. The van der Waals surface area contributed by atoms with Gasteiger partial charge in [-0.1, -0.05) is 20.8 Å². The van der Waals surface area contributed by atoms with Crippen LogP contribution in [0.1, 0.15) is 63.2 Å². The summed E-state index contributed by atoms with van der Waals surface area (Å²) in [4.78, 5) is 35.3. The van der Waals surface area contributed by atoms with Crippen molar-refractivity contribution in [3.05, 3.63) is 26.6 Å². The minimum absolute atomic E-state index is 0.0351. The van der Waals surface area contributed by atoms with Gasteiger partial charge in [0.1, 0.15) is 17.2 Å². The van der Waals surface area contributed by atoms with Gasteiger partial charge < -0.3 is 5.32 Å². The van der Waals surface area contributed by atoms with Crippen molar-refractivity contribution >= 4 is 27.5 Å². The molecule has 154 valence electrons. The third-order valence-corrected chi connectivity index (χ3v) is 6.92. The normalized spacial score (nSPS) is 15.0. The maximum absolute atomic E-state index is 13.5. The van der Waals surface area contributed by atoms with E-state index in [0.717, 1.165) is 49.0 Å². The highest BCUT2D eigenvalue weighted by atomic mass is 32.1. The molecule has 1 aliphatic carbocycles. The number of nitrogens with one attached hydrogen (secondary N) is 1. The molecule has 1 N–H and O–H groups in total. The predicted octanol–water partition coefficient (Wildman–Crippen LogP) is 3.09. The first-order valence-electron chi connectivity index (χ1n) is 10.5. The third kappa shape index (κ3) is 4.30. The van der Waals surface area contributed by atoms with Gasteiger partial charge in [-0.25, -0.2) is 4.98 Å². The van der Waals surface area contributed by atoms with Crippen LogP contribution in [0.25, 0.3) is 10.2 Å². The molecule has 0 spiro atoms. The Hall–Kier alpha value is -1.73. The zero-order valence-corrected chi connectivity index (χ0v) is 18.3. The van der Waals surface area contributed by atoms with Crippen LogP contribution >= 0.6 is 11.3 Å². The van der Waals surface area contributed by atoms with E-state index in [1.165, 1.54) is 16.9 Å². The number of aryl methyl sites for hydroxylation is 2. The van der Waals surface area contributed by atoms with Crippen LogP contribution in [0.3, 0.4) is 0 Å². The molecule has 3 rings (SSSR count). The fraction of sp³-hybridized carbons (Fsp3) is 0.667. The Morgan fingerprint density at radius 3 is 2.64 bits per heavy atom. The summed E-state index contributed by atoms with van der Waals surface area (Å²) >= 11 is 1.67. The van der Waals surface area contributed by atoms with Gasteiger partial charge >= 0.3 is 0 Å². The highest BCUT2D eigenvalue weighted by Crippen LogP contribution is 2.33. The van der Waals surface area contributed by atoms with Crippen molar-refractivity contribution in [3.63, 3.8) is 0 Å². The van der Waals surface area contributed by atoms with E-state index in [0.29, 0.717) is 12.4 Å². The number of amides is 1. The van der Waals surface area contributed by atoms with Crippen molar-refractivity contribution in [2.24, 2.45) is 0 Å². The number of carbonyl (C=O) groups excluding carboxylic acids is 1. The summed E-state index contributed by atoms with van der Waals surface area (Å²) in [5.41, 5.74) is 1.13. The molecule has 28 heavy (non-hydrogen) atoms. The van der Waals surface area contributed by atoms with Crippen LogP contribution < -0.4 is 10.9 Å². The largest absolute Gasteiger partial charge is 0.352 e. The molecule has 0 radical (unpaired) electrons. The molecule has 0 aliphatic heterocycles. The van der Waals surface area contributed by atoms with Crippen molar-refractivity contribution in [2.45, 2.75) is 78.9 Å². The van der Waals surface area contributed by atoms with Crippen LogP contribution in [-0.4, -0.2) is 39.5 Å². The van der Waals surface area contributed by atoms with Gasteiger partial charge in [-0.15, -0.1) is 11.3 Å². The minimum Gasteiger partial charge on any atom is -0.352 e. The zero-order valence-electron chi connectivity index (χ0n) is 17.5. The van der Waals surface area contributed by atoms with E-state index in [-0.39, 0.29) is 24.1 Å². The Labute approximate surface area is 171 Å². The first-order valence-corrected chi connectivity index (χ1v) is 11.4. The molecule has 0 fully saturated rings. The van der Waals surface area contributed by atoms with Crippen LogP contribution in [0.15, 0.2) is 4.79 Å². The summed E-state index contributed by atoms with van der Waals surface area (Å²) in [6.45, 7) is 10.6. The summed E-state index contributed by atoms with van der Waals surface area (Å²) in [7, 11) is 0. The van der Waals surface area contributed by atoms with Crippen LogP contribution in [0.2, 0.25) is 0 Å². The van der Waals surface area contributed by atoms with Gasteiger partial charge in [0.05, 0.1) is 11.9 Å². The van der Waals surface area contributed by atoms with E-state index in [1.54, 1.807) is 15.9 Å². The Morgan fingerprint density at radius 2 is 1.96 bits per heavy atom. The number of carbonyl (C=O) groups is 1. The van der Waals surface area contributed by atoms with Crippen LogP contribution in [0, 0.1) is 0 Å².